The molecule has 30 nitrogen and oxygen atoms in total. The first-order valence-corrected chi connectivity index (χ1v) is 23.5. The maximum Gasteiger partial charge on any atom is 0.337 e. The van der Waals surface area contributed by atoms with Gasteiger partial charge in [-0.05, 0) is 26.2 Å². The average molecular weight is 1030 g/mol. The molecule has 2 aliphatic rings. The topological polar surface area (TPSA) is 335 Å². The number of aliphatic hydroxyl groups excluding tert-OH is 2. The molecule has 72 heavy (non-hydrogen) atoms. The fourth-order valence-corrected chi connectivity index (χ4v) is 7.29. The molecule has 2 fully saturated rings. The summed E-state index contributed by atoms with van der Waals surface area (Å²) in [6, 6.07) is -1.01. The summed E-state index contributed by atoms with van der Waals surface area (Å²) in [4.78, 5) is 151. The molecular weight excluding hydrogens is 965 g/mol. The number of carbonyl (C=O) groups is 5. The Hall–Kier alpha value is -6.47. The standard InChI is InChI=1S/C42H66N10O20/c1-6-9-16-67-25-49-33-34(51(41(49)64)27-69-18-11-8-3)52(42(65)50(33)26-68-17-10-7-2)28-70-19-13-44-35(58)43(12-15-53)36(59)45(37(44)60)14-20-71-31(56)22-47-38(61)46(21-30(55)66-5)39(62)48(40(47)63)23-32(57)72-24-29(4)54/h29,33-34,53-54H,6-28H2,1-5H3. The summed E-state index contributed by atoms with van der Waals surface area (Å²) in [5.41, 5.74) is -7.92. The molecule has 4 amide bonds. The third-order valence-corrected chi connectivity index (χ3v) is 11.1. The van der Waals surface area contributed by atoms with Crippen LogP contribution in [0.1, 0.15) is 66.2 Å². The van der Waals surface area contributed by atoms with Crippen LogP contribution in [0, 0.1) is 0 Å². The molecule has 4 heterocycles. The van der Waals surface area contributed by atoms with Crippen molar-refractivity contribution in [2.45, 2.75) is 124 Å². The van der Waals surface area contributed by atoms with Crippen LogP contribution in [0.4, 0.5) is 9.59 Å². The zero-order valence-electron chi connectivity index (χ0n) is 41.2. The first kappa shape index (κ1) is 58.1. The third-order valence-electron chi connectivity index (χ3n) is 11.1. The molecule has 404 valence electrons. The number of amides is 4. The van der Waals surface area contributed by atoms with Crippen molar-refractivity contribution >= 4 is 30.0 Å². The summed E-state index contributed by atoms with van der Waals surface area (Å²) in [6.45, 7) is -0.143. The molecule has 0 bridgehead atoms. The van der Waals surface area contributed by atoms with Gasteiger partial charge in [-0.25, -0.2) is 65.8 Å². The highest BCUT2D eigenvalue weighted by atomic mass is 16.5. The van der Waals surface area contributed by atoms with Crippen molar-refractivity contribution in [3.05, 3.63) is 62.9 Å². The van der Waals surface area contributed by atoms with Crippen LogP contribution in [-0.4, -0.2) is 186 Å². The van der Waals surface area contributed by atoms with Crippen LogP contribution in [0.3, 0.4) is 0 Å². The lowest BCUT2D eigenvalue weighted by Crippen LogP contribution is -2.56. The number of esters is 3. The molecule has 4 rings (SSSR count). The van der Waals surface area contributed by atoms with E-state index in [4.69, 9.17) is 28.4 Å². The van der Waals surface area contributed by atoms with Crippen LogP contribution in [0.25, 0.3) is 0 Å². The first-order chi connectivity index (χ1) is 34.5. The van der Waals surface area contributed by atoms with Crippen molar-refractivity contribution in [3.63, 3.8) is 0 Å². The molecular formula is C42H66N10O20. The highest BCUT2D eigenvalue weighted by Gasteiger charge is 2.59. The van der Waals surface area contributed by atoms with E-state index in [9.17, 15) is 63.0 Å². The van der Waals surface area contributed by atoms with E-state index in [1.807, 2.05) is 20.8 Å². The fourth-order valence-electron chi connectivity index (χ4n) is 7.29. The Morgan fingerprint density at radius 1 is 0.486 bits per heavy atom. The third kappa shape index (κ3) is 14.6. The molecule has 2 N–H and O–H groups in total. The number of hydrogen-bond donors (Lipinski definition) is 2. The summed E-state index contributed by atoms with van der Waals surface area (Å²) in [5, 5.41) is 19.1. The van der Waals surface area contributed by atoms with E-state index in [1.165, 1.54) is 26.5 Å². The predicted molar refractivity (Wildman–Crippen MR) is 245 cm³/mol. The zero-order chi connectivity index (χ0) is 53.1. The second-order valence-electron chi connectivity index (χ2n) is 16.4. The Morgan fingerprint density at radius 2 is 0.819 bits per heavy atom. The molecule has 2 saturated heterocycles. The summed E-state index contributed by atoms with van der Waals surface area (Å²) >= 11 is 0. The Morgan fingerprint density at radius 3 is 1.18 bits per heavy atom. The molecule has 0 aliphatic carbocycles. The molecule has 2 aliphatic heterocycles. The lowest BCUT2D eigenvalue weighted by Gasteiger charge is -2.29. The van der Waals surface area contributed by atoms with Gasteiger partial charge in [-0.2, -0.15) is 0 Å². The van der Waals surface area contributed by atoms with Crippen molar-refractivity contribution < 1.29 is 67.3 Å². The monoisotopic (exact) mass is 1030 g/mol. The van der Waals surface area contributed by atoms with Crippen LogP contribution in [0.2, 0.25) is 0 Å². The molecule has 3 unspecified atom stereocenters. The molecule has 0 saturated carbocycles. The van der Waals surface area contributed by atoms with Gasteiger partial charge in [0.05, 0.1) is 46.1 Å². The van der Waals surface area contributed by atoms with E-state index in [-0.39, 0.29) is 33.9 Å². The number of unbranched alkanes of at least 4 members (excludes halogenated alkanes) is 3. The van der Waals surface area contributed by atoms with E-state index in [0.29, 0.717) is 33.5 Å². The second kappa shape index (κ2) is 28.5. The van der Waals surface area contributed by atoms with Crippen LogP contribution in [0.15, 0.2) is 28.8 Å². The van der Waals surface area contributed by atoms with Crippen molar-refractivity contribution in [1.82, 2.24) is 47.0 Å². The number of aliphatic hydroxyl groups is 2. The number of methoxy groups -OCH3 is 1. The molecule has 30 heteroatoms. The van der Waals surface area contributed by atoms with E-state index < -0.39 is 155 Å². The summed E-state index contributed by atoms with van der Waals surface area (Å²) < 4.78 is 40.1. The summed E-state index contributed by atoms with van der Waals surface area (Å²) in [7, 11) is 0.947. The van der Waals surface area contributed by atoms with Gasteiger partial charge in [-0.3, -0.25) is 34.0 Å². The first-order valence-electron chi connectivity index (χ1n) is 23.5. The van der Waals surface area contributed by atoms with Gasteiger partial charge in [0.1, 0.15) is 59.8 Å². The van der Waals surface area contributed by atoms with Crippen molar-refractivity contribution in [2.75, 3.05) is 80.3 Å². The van der Waals surface area contributed by atoms with Crippen LogP contribution in [-0.2, 0) is 86.8 Å². The maximum atomic E-state index is 14.1. The quantitative estimate of drug-likeness (QED) is 0.0396. The summed E-state index contributed by atoms with van der Waals surface area (Å²) in [6.07, 6.45) is 1.79. The highest BCUT2D eigenvalue weighted by Crippen LogP contribution is 2.35. The van der Waals surface area contributed by atoms with E-state index in [2.05, 4.69) is 4.74 Å². The molecule has 3 atom stereocenters. The van der Waals surface area contributed by atoms with Crippen LogP contribution < -0.4 is 34.1 Å². The molecule has 0 spiro atoms. The lowest BCUT2D eigenvalue weighted by atomic mass is 10.3. The van der Waals surface area contributed by atoms with E-state index in [1.54, 1.807) is 0 Å². The van der Waals surface area contributed by atoms with E-state index in [0.717, 1.165) is 45.6 Å². The SMILES string of the molecule is CCCCOCN1C(=O)N(COCCCC)C2C1N(COCCCC)C(=O)N2COCCn1c(=O)n(CCO)c(=O)n(CCOC(=O)Cn2c(=O)n(CC(=O)OC)c(=O)n(CC(=O)OCC(C)O)c2=O)c1=O. The number of rotatable bonds is 33. The van der Waals surface area contributed by atoms with Crippen molar-refractivity contribution in [2.24, 2.45) is 0 Å². The Bertz CT molecular complexity index is 2540. The maximum absolute atomic E-state index is 14.1. The van der Waals surface area contributed by atoms with Gasteiger partial charge in [0.25, 0.3) is 0 Å². The van der Waals surface area contributed by atoms with Gasteiger partial charge in [-0.15, -0.1) is 0 Å². The number of ether oxygens (including phenoxy) is 7. The molecule has 2 aromatic heterocycles. The van der Waals surface area contributed by atoms with Crippen LogP contribution in [0.5, 0.6) is 0 Å². The highest BCUT2D eigenvalue weighted by molar-refractivity contribution is 5.85. The molecule has 0 aromatic carbocycles. The lowest BCUT2D eigenvalue weighted by molar-refractivity contribution is -0.147. The van der Waals surface area contributed by atoms with Crippen LogP contribution >= 0.6 is 0 Å². The van der Waals surface area contributed by atoms with Crippen molar-refractivity contribution in [3.8, 4) is 0 Å². The minimum Gasteiger partial charge on any atom is -0.468 e. The normalized spacial score (nSPS) is 15.9. The van der Waals surface area contributed by atoms with Crippen molar-refractivity contribution in [1.29, 1.82) is 0 Å². The van der Waals surface area contributed by atoms with Gasteiger partial charge in [0.2, 0.25) is 0 Å². The Labute approximate surface area is 410 Å². The number of fused-ring (bicyclic) bond motifs is 1. The number of hydrogen-bond acceptors (Lipinski definition) is 20. The largest absolute Gasteiger partial charge is 0.468 e. The smallest absolute Gasteiger partial charge is 0.337 e. The van der Waals surface area contributed by atoms with Gasteiger partial charge < -0.3 is 43.4 Å². The number of urea groups is 2. The minimum absolute atomic E-state index is 0.126. The second-order valence-corrected chi connectivity index (χ2v) is 16.4. The molecule has 0 radical (unpaired) electrons. The summed E-state index contributed by atoms with van der Waals surface area (Å²) in [5.74, 6) is -3.64. The number of nitrogens with zero attached hydrogens (tertiary/aromatic N) is 10. The van der Waals surface area contributed by atoms with E-state index >= 15 is 0 Å². The average Bonchev–Trinajstić information content (AvgIpc) is 3.77. The minimum atomic E-state index is -1.49. The molecule has 2 aromatic rings. The zero-order valence-corrected chi connectivity index (χ0v) is 41.2. The Kier molecular flexibility index (Phi) is 23.0. The predicted octanol–water partition coefficient (Wildman–Crippen LogP) is -3.59. The van der Waals surface area contributed by atoms with Gasteiger partial charge in [0, 0.05) is 19.8 Å². The van der Waals surface area contributed by atoms with Gasteiger partial charge in [-0.1, -0.05) is 40.0 Å². The Balaban J connectivity index is 1.54. The van der Waals surface area contributed by atoms with Gasteiger partial charge >= 0.3 is 64.1 Å². The number of aromatic nitrogens is 6. The van der Waals surface area contributed by atoms with Gasteiger partial charge in [0.15, 0.2) is 12.3 Å². The number of carbonyl (C=O) groups excluding carboxylic acids is 5. The fraction of sp³-hybridized carbons (Fsp3) is 0.738.